The van der Waals surface area contributed by atoms with Gasteiger partial charge in [0.1, 0.15) is 5.75 Å². The predicted octanol–water partition coefficient (Wildman–Crippen LogP) is 3.77. The first-order valence-electron chi connectivity index (χ1n) is 5.41. The lowest BCUT2D eigenvalue weighted by atomic mass is 10.0. The Bertz CT molecular complexity index is 472. The summed E-state index contributed by atoms with van der Waals surface area (Å²) in [6.07, 6.45) is -4.23. The van der Waals surface area contributed by atoms with E-state index in [0.717, 1.165) is 13.2 Å². The van der Waals surface area contributed by atoms with Crippen LogP contribution in [0.5, 0.6) is 5.75 Å². The molecule has 0 unspecified atom stereocenters. The number of methoxy groups -OCH3 is 1. The minimum Gasteiger partial charge on any atom is -0.495 e. The van der Waals surface area contributed by atoms with Gasteiger partial charge in [-0.1, -0.05) is 11.6 Å². The first-order chi connectivity index (χ1) is 8.75. The van der Waals surface area contributed by atoms with Gasteiger partial charge in [-0.25, -0.2) is 0 Å². The Morgan fingerprint density at radius 2 is 2.05 bits per heavy atom. The molecular weight excluding hydrogens is 285 g/mol. The zero-order valence-electron chi connectivity index (χ0n) is 10.1. The normalized spacial score (nSPS) is 11.4. The highest BCUT2D eigenvalue weighted by Gasteiger charge is 2.35. The third kappa shape index (κ3) is 4.31. The largest absolute Gasteiger partial charge is 0.495 e. The van der Waals surface area contributed by atoms with Crippen LogP contribution in [0, 0.1) is 0 Å². The van der Waals surface area contributed by atoms with Crippen molar-refractivity contribution in [3.05, 3.63) is 28.3 Å². The van der Waals surface area contributed by atoms with Gasteiger partial charge in [-0.05, 0) is 30.5 Å². The maximum Gasteiger partial charge on any atom is 0.420 e. The average molecular weight is 297 g/mol. The van der Waals surface area contributed by atoms with Crippen molar-refractivity contribution in [3.63, 3.8) is 0 Å². The molecule has 3 nitrogen and oxygen atoms in total. The van der Waals surface area contributed by atoms with E-state index >= 15 is 0 Å². The molecule has 0 fully saturated rings. The molecule has 0 atom stereocenters. The summed E-state index contributed by atoms with van der Waals surface area (Å²) in [5.41, 5.74) is -0.618. The Labute approximate surface area is 112 Å². The molecule has 0 spiro atoms. The minimum atomic E-state index is -4.57. The van der Waals surface area contributed by atoms with Crippen LogP contribution >= 0.6 is 11.6 Å². The van der Waals surface area contributed by atoms with E-state index in [4.69, 9.17) is 16.7 Å². The van der Waals surface area contributed by atoms with E-state index in [1.165, 1.54) is 6.07 Å². The van der Waals surface area contributed by atoms with Crippen molar-refractivity contribution in [1.29, 1.82) is 0 Å². The Balaban J connectivity index is 3.03. The van der Waals surface area contributed by atoms with E-state index < -0.39 is 23.5 Å². The number of benzene rings is 1. The highest BCUT2D eigenvalue weighted by Crippen LogP contribution is 2.41. The summed E-state index contributed by atoms with van der Waals surface area (Å²) in [7, 11) is 1.11. The number of rotatable bonds is 5. The number of carboxylic acid groups (broad SMARTS) is 1. The molecule has 0 amide bonds. The van der Waals surface area contributed by atoms with Crippen LogP contribution in [0.2, 0.25) is 5.02 Å². The third-order valence-corrected chi connectivity index (χ3v) is 2.75. The molecule has 1 rings (SSSR count). The highest BCUT2D eigenvalue weighted by atomic mass is 35.5. The number of halogens is 4. The predicted molar refractivity (Wildman–Crippen MR) is 63.6 cm³/mol. The quantitative estimate of drug-likeness (QED) is 0.899. The first kappa shape index (κ1) is 15.6. The van der Waals surface area contributed by atoms with Crippen molar-refractivity contribution < 1.29 is 27.8 Å². The van der Waals surface area contributed by atoms with E-state index in [2.05, 4.69) is 4.74 Å². The van der Waals surface area contributed by atoms with Crippen LogP contribution in [0.25, 0.3) is 0 Å². The molecule has 0 saturated heterocycles. The van der Waals surface area contributed by atoms with E-state index in [0.29, 0.717) is 5.56 Å². The monoisotopic (exact) mass is 296 g/mol. The van der Waals surface area contributed by atoms with Gasteiger partial charge in [0.2, 0.25) is 0 Å². The molecular formula is C12H12ClF3O3. The molecule has 0 aliphatic rings. The number of alkyl halides is 3. The van der Waals surface area contributed by atoms with Gasteiger partial charge in [0.25, 0.3) is 0 Å². The maximum absolute atomic E-state index is 12.8. The fourth-order valence-electron chi connectivity index (χ4n) is 1.66. The number of aryl methyl sites for hydroxylation is 1. The lowest BCUT2D eigenvalue weighted by Crippen LogP contribution is -2.09. The molecule has 106 valence electrons. The molecule has 19 heavy (non-hydrogen) atoms. The van der Waals surface area contributed by atoms with Gasteiger partial charge in [-0.2, -0.15) is 13.2 Å². The van der Waals surface area contributed by atoms with Gasteiger partial charge in [-0.15, -0.1) is 0 Å². The first-order valence-corrected chi connectivity index (χ1v) is 5.79. The zero-order valence-corrected chi connectivity index (χ0v) is 10.8. The highest BCUT2D eigenvalue weighted by molar-refractivity contribution is 6.32. The molecule has 0 aliphatic carbocycles. The molecule has 0 bridgehead atoms. The SMILES string of the molecule is COc1c(Cl)cc(CCCC(=O)O)cc1C(F)(F)F. The van der Waals surface area contributed by atoms with Crippen molar-refractivity contribution >= 4 is 17.6 Å². The number of hydrogen-bond acceptors (Lipinski definition) is 2. The number of ether oxygens (including phenoxy) is 1. The third-order valence-electron chi connectivity index (χ3n) is 2.47. The average Bonchev–Trinajstić information content (AvgIpc) is 2.26. The molecule has 0 radical (unpaired) electrons. The van der Waals surface area contributed by atoms with Crippen molar-refractivity contribution in [1.82, 2.24) is 0 Å². The van der Waals surface area contributed by atoms with Gasteiger partial charge in [0, 0.05) is 6.42 Å². The molecule has 7 heteroatoms. The fraction of sp³-hybridized carbons (Fsp3) is 0.417. The summed E-state index contributed by atoms with van der Waals surface area (Å²) in [6, 6.07) is 2.30. The van der Waals surface area contributed by atoms with Gasteiger partial charge in [0.05, 0.1) is 17.7 Å². The Kier molecular flexibility index (Phi) is 5.05. The zero-order chi connectivity index (χ0) is 14.6. The molecule has 0 saturated carbocycles. The van der Waals surface area contributed by atoms with Crippen LogP contribution in [0.1, 0.15) is 24.0 Å². The van der Waals surface area contributed by atoms with Crippen molar-refractivity contribution in [2.24, 2.45) is 0 Å². The molecule has 1 N–H and O–H groups in total. The molecule has 0 aromatic heterocycles. The van der Waals surface area contributed by atoms with Gasteiger partial charge >= 0.3 is 12.1 Å². The topological polar surface area (TPSA) is 46.5 Å². The van der Waals surface area contributed by atoms with Crippen molar-refractivity contribution in [3.8, 4) is 5.75 Å². The van der Waals surface area contributed by atoms with Crippen LogP contribution in [-0.2, 0) is 17.4 Å². The van der Waals surface area contributed by atoms with Crippen LogP contribution in [0.3, 0.4) is 0 Å². The number of aliphatic carboxylic acids is 1. The lowest BCUT2D eigenvalue weighted by Gasteiger charge is -2.15. The summed E-state index contributed by atoms with van der Waals surface area (Å²) in [5.74, 6) is -1.41. The van der Waals surface area contributed by atoms with E-state index in [1.54, 1.807) is 0 Å². The van der Waals surface area contributed by atoms with E-state index in [1.807, 2.05) is 0 Å². The van der Waals surface area contributed by atoms with E-state index in [-0.39, 0.29) is 24.3 Å². The van der Waals surface area contributed by atoms with Gasteiger partial charge in [-0.3, -0.25) is 4.79 Å². The summed E-state index contributed by atoms with van der Waals surface area (Å²) in [5, 5.41) is 8.35. The van der Waals surface area contributed by atoms with Gasteiger partial charge < -0.3 is 9.84 Å². The molecule has 1 aromatic rings. The van der Waals surface area contributed by atoms with Crippen molar-refractivity contribution in [2.75, 3.05) is 7.11 Å². The molecule has 0 aliphatic heterocycles. The maximum atomic E-state index is 12.8. The summed E-state index contributed by atoms with van der Waals surface area (Å²) in [6.45, 7) is 0. The van der Waals surface area contributed by atoms with Crippen LogP contribution in [0.15, 0.2) is 12.1 Å². The summed E-state index contributed by atoms with van der Waals surface area (Å²) < 4.78 is 43.1. The van der Waals surface area contributed by atoms with Gasteiger partial charge in [0.15, 0.2) is 0 Å². The molecule has 1 aromatic carbocycles. The second kappa shape index (κ2) is 6.14. The number of carbonyl (C=O) groups is 1. The second-order valence-corrected chi connectivity index (χ2v) is 4.31. The van der Waals surface area contributed by atoms with Crippen LogP contribution in [0.4, 0.5) is 13.2 Å². The summed E-state index contributed by atoms with van der Waals surface area (Å²) >= 11 is 5.74. The van der Waals surface area contributed by atoms with Crippen LogP contribution in [-0.4, -0.2) is 18.2 Å². The standard InChI is InChI=1S/C12H12ClF3O3/c1-19-11-8(12(14,15)16)5-7(6-9(11)13)3-2-4-10(17)18/h5-6H,2-4H2,1H3,(H,17,18). The summed E-state index contributed by atoms with van der Waals surface area (Å²) in [4.78, 5) is 10.4. The lowest BCUT2D eigenvalue weighted by molar-refractivity contribution is -0.139. The Morgan fingerprint density at radius 3 is 2.53 bits per heavy atom. The van der Waals surface area contributed by atoms with Crippen LogP contribution < -0.4 is 4.74 Å². The van der Waals surface area contributed by atoms with Crippen molar-refractivity contribution in [2.45, 2.75) is 25.4 Å². The van der Waals surface area contributed by atoms with E-state index in [9.17, 15) is 18.0 Å². The fourth-order valence-corrected chi connectivity index (χ4v) is 1.97. The Hall–Kier alpha value is -1.43. The minimum absolute atomic E-state index is 0.106. The second-order valence-electron chi connectivity index (χ2n) is 3.90. The number of carboxylic acids is 1. The number of hydrogen-bond donors (Lipinski definition) is 1. The molecule has 0 heterocycles. The smallest absolute Gasteiger partial charge is 0.420 e. The Morgan fingerprint density at radius 1 is 1.42 bits per heavy atom.